The van der Waals surface area contributed by atoms with Gasteiger partial charge in [-0.3, -0.25) is 0 Å². The third kappa shape index (κ3) is 3.12. The molecule has 10 rings (SSSR count). The van der Waals surface area contributed by atoms with Gasteiger partial charge in [0.15, 0.2) is 0 Å². The summed E-state index contributed by atoms with van der Waals surface area (Å²) >= 11 is 1.87. The topological polar surface area (TPSA) is 9.86 Å². The molecule has 0 unspecified atom stereocenters. The fraction of sp³-hybridized carbons (Fsp3) is 0. The number of rotatable bonds is 2. The summed E-state index contributed by atoms with van der Waals surface area (Å²) in [6.07, 6.45) is 0. The monoisotopic (exact) mass is 564 g/mol. The molecule has 0 amide bonds. The second kappa shape index (κ2) is 8.57. The van der Waals surface area contributed by atoms with Crippen LogP contribution in [0.5, 0.6) is 0 Å². The SMILES string of the molecule is c1ccc(-n2c3ccc4ccccc4c3c3c4c5ccccc5n(-c5ccc6sc7ccccc7c6c5)c4ccc32)cc1. The van der Waals surface area contributed by atoms with Crippen molar-refractivity contribution in [3.63, 3.8) is 0 Å². The molecule has 0 aliphatic carbocycles. The maximum Gasteiger partial charge on any atom is 0.0549 e. The summed E-state index contributed by atoms with van der Waals surface area (Å²) in [5.74, 6) is 0. The molecule has 3 heterocycles. The van der Waals surface area contributed by atoms with Crippen LogP contribution in [0.1, 0.15) is 0 Å². The van der Waals surface area contributed by atoms with E-state index in [1.807, 2.05) is 11.3 Å². The van der Waals surface area contributed by atoms with E-state index in [-0.39, 0.29) is 0 Å². The normalized spacial score (nSPS) is 12.2. The lowest BCUT2D eigenvalue weighted by Gasteiger charge is -2.09. The number of nitrogens with zero attached hydrogens (tertiary/aromatic N) is 2. The fourth-order valence-corrected chi connectivity index (χ4v) is 8.40. The Morgan fingerprint density at radius 1 is 0.349 bits per heavy atom. The van der Waals surface area contributed by atoms with E-state index in [0.29, 0.717) is 0 Å². The predicted molar refractivity (Wildman–Crippen MR) is 186 cm³/mol. The van der Waals surface area contributed by atoms with Gasteiger partial charge in [-0.2, -0.15) is 0 Å². The van der Waals surface area contributed by atoms with Gasteiger partial charge < -0.3 is 9.13 Å². The van der Waals surface area contributed by atoms with Crippen molar-refractivity contribution in [1.82, 2.24) is 9.13 Å². The van der Waals surface area contributed by atoms with Crippen molar-refractivity contribution in [2.45, 2.75) is 0 Å². The molecule has 0 N–H and O–H groups in total. The molecule has 0 saturated carbocycles. The first-order valence-corrected chi connectivity index (χ1v) is 15.5. The third-order valence-electron chi connectivity index (χ3n) is 9.09. The molecule has 200 valence electrons. The van der Waals surface area contributed by atoms with Crippen molar-refractivity contribution >= 4 is 85.9 Å². The highest BCUT2D eigenvalue weighted by Gasteiger charge is 2.22. The van der Waals surface area contributed by atoms with Gasteiger partial charge in [-0.15, -0.1) is 11.3 Å². The highest BCUT2D eigenvalue weighted by Crippen LogP contribution is 2.45. The van der Waals surface area contributed by atoms with Gasteiger partial charge in [0.1, 0.15) is 0 Å². The molecule has 0 radical (unpaired) electrons. The first-order chi connectivity index (χ1) is 21.3. The van der Waals surface area contributed by atoms with E-state index in [1.54, 1.807) is 0 Å². The van der Waals surface area contributed by atoms with Gasteiger partial charge in [0.25, 0.3) is 0 Å². The quantitative estimate of drug-likeness (QED) is 0.198. The molecule has 0 saturated heterocycles. The van der Waals surface area contributed by atoms with Crippen molar-refractivity contribution in [3.05, 3.63) is 146 Å². The molecule has 43 heavy (non-hydrogen) atoms. The molecular formula is C40H24N2S. The minimum Gasteiger partial charge on any atom is -0.309 e. The first-order valence-electron chi connectivity index (χ1n) is 14.7. The Morgan fingerprint density at radius 3 is 1.81 bits per heavy atom. The summed E-state index contributed by atoms with van der Waals surface area (Å²) in [6, 6.07) is 53.4. The van der Waals surface area contributed by atoms with Crippen LogP contribution in [-0.2, 0) is 0 Å². The Kier molecular flexibility index (Phi) is 4.63. The van der Waals surface area contributed by atoms with Gasteiger partial charge >= 0.3 is 0 Å². The predicted octanol–water partition coefficient (Wildman–Crippen LogP) is 11.4. The summed E-state index contributed by atoms with van der Waals surface area (Å²) in [5, 5.41) is 10.4. The van der Waals surface area contributed by atoms with Gasteiger partial charge in [-0.25, -0.2) is 0 Å². The molecule has 0 bridgehead atoms. The average Bonchev–Trinajstić information content (AvgIpc) is 3.72. The number of aromatic nitrogens is 2. The highest BCUT2D eigenvalue weighted by molar-refractivity contribution is 7.25. The second-order valence-corrected chi connectivity index (χ2v) is 12.4. The van der Waals surface area contributed by atoms with Crippen LogP contribution in [0.4, 0.5) is 0 Å². The Bertz CT molecular complexity index is 2720. The minimum atomic E-state index is 1.18. The number of hydrogen-bond acceptors (Lipinski definition) is 1. The van der Waals surface area contributed by atoms with Crippen molar-refractivity contribution in [2.75, 3.05) is 0 Å². The number of fused-ring (bicyclic) bond motifs is 12. The Balaban J connectivity index is 1.41. The van der Waals surface area contributed by atoms with Crippen LogP contribution in [0.15, 0.2) is 146 Å². The van der Waals surface area contributed by atoms with Gasteiger partial charge in [-0.1, -0.05) is 84.9 Å². The van der Waals surface area contributed by atoms with E-state index in [0.717, 1.165) is 0 Å². The number of para-hydroxylation sites is 2. The van der Waals surface area contributed by atoms with E-state index in [9.17, 15) is 0 Å². The molecule has 0 fully saturated rings. The first kappa shape index (κ1) is 23.2. The minimum absolute atomic E-state index is 1.18. The van der Waals surface area contributed by atoms with Crippen LogP contribution in [0.3, 0.4) is 0 Å². The molecule has 7 aromatic carbocycles. The zero-order valence-corrected chi connectivity index (χ0v) is 24.0. The van der Waals surface area contributed by atoms with Crippen LogP contribution >= 0.6 is 11.3 Å². The summed E-state index contributed by atoms with van der Waals surface area (Å²) in [6.45, 7) is 0. The average molecular weight is 565 g/mol. The van der Waals surface area contributed by atoms with Crippen LogP contribution in [0.2, 0.25) is 0 Å². The number of hydrogen-bond donors (Lipinski definition) is 0. The van der Waals surface area contributed by atoms with E-state index in [2.05, 4.69) is 155 Å². The molecule has 0 aliphatic rings. The number of thiophene rings is 1. The smallest absolute Gasteiger partial charge is 0.0549 e. The Hall–Kier alpha value is -5.38. The second-order valence-electron chi connectivity index (χ2n) is 11.3. The molecule has 2 nitrogen and oxygen atoms in total. The lowest BCUT2D eigenvalue weighted by atomic mass is 10.0. The molecule has 10 aromatic rings. The molecule has 3 heteroatoms. The molecule has 0 spiro atoms. The third-order valence-corrected chi connectivity index (χ3v) is 10.2. The standard InChI is InChI=1S/C40H24N2S/c1-2-11-26(12-3-1)41-33-20-18-25-10-4-5-13-28(25)38(33)40-35(41)22-21-34-39(40)30-15-6-8-16-32(30)42(34)27-19-23-37-31(24-27)29-14-7-9-17-36(29)43-37/h1-24H. The van der Waals surface area contributed by atoms with Crippen LogP contribution in [-0.4, -0.2) is 9.13 Å². The summed E-state index contributed by atoms with van der Waals surface area (Å²) in [4.78, 5) is 0. The van der Waals surface area contributed by atoms with Gasteiger partial charge in [0, 0.05) is 53.1 Å². The van der Waals surface area contributed by atoms with Gasteiger partial charge in [0.05, 0.1) is 22.1 Å². The molecule has 3 aromatic heterocycles. The van der Waals surface area contributed by atoms with Crippen molar-refractivity contribution < 1.29 is 0 Å². The van der Waals surface area contributed by atoms with Crippen molar-refractivity contribution in [1.29, 1.82) is 0 Å². The highest BCUT2D eigenvalue weighted by atomic mass is 32.1. The van der Waals surface area contributed by atoms with Gasteiger partial charge in [0.2, 0.25) is 0 Å². The lowest BCUT2D eigenvalue weighted by Crippen LogP contribution is -1.94. The van der Waals surface area contributed by atoms with Gasteiger partial charge in [-0.05, 0) is 71.4 Å². The van der Waals surface area contributed by atoms with Crippen molar-refractivity contribution in [3.8, 4) is 11.4 Å². The lowest BCUT2D eigenvalue weighted by molar-refractivity contribution is 1.17. The Morgan fingerprint density at radius 2 is 0.953 bits per heavy atom. The summed E-state index contributed by atoms with van der Waals surface area (Å²) in [7, 11) is 0. The largest absolute Gasteiger partial charge is 0.309 e. The van der Waals surface area contributed by atoms with Crippen LogP contribution in [0.25, 0.3) is 85.9 Å². The molecule has 0 aliphatic heterocycles. The van der Waals surface area contributed by atoms with Crippen LogP contribution in [0, 0.1) is 0 Å². The summed E-state index contributed by atoms with van der Waals surface area (Å²) in [5.41, 5.74) is 7.29. The molecule has 0 atom stereocenters. The van der Waals surface area contributed by atoms with E-state index >= 15 is 0 Å². The fourth-order valence-electron chi connectivity index (χ4n) is 7.31. The maximum atomic E-state index is 2.47. The van der Waals surface area contributed by atoms with E-state index in [4.69, 9.17) is 0 Å². The van der Waals surface area contributed by atoms with E-state index < -0.39 is 0 Å². The summed E-state index contributed by atoms with van der Waals surface area (Å²) < 4.78 is 7.56. The zero-order chi connectivity index (χ0) is 28.1. The molecular weight excluding hydrogens is 541 g/mol. The zero-order valence-electron chi connectivity index (χ0n) is 23.2. The van der Waals surface area contributed by atoms with Crippen LogP contribution < -0.4 is 0 Å². The van der Waals surface area contributed by atoms with E-state index in [1.165, 1.54) is 85.9 Å². The Labute approximate surface area is 251 Å². The number of benzene rings is 7. The maximum absolute atomic E-state index is 2.47. The van der Waals surface area contributed by atoms with Crippen molar-refractivity contribution in [2.24, 2.45) is 0 Å².